The Morgan fingerprint density at radius 2 is 2.23 bits per heavy atom. The summed E-state index contributed by atoms with van der Waals surface area (Å²) >= 11 is 0. The predicted molar refractivity (Wildman–Crippen MR) is 83.6 cm³/mol. The molecule has 2 aliphatic rings. The molecule has 0 spiro atoms. The lowest BCUT2D eigenvalue weighted by Crippen LogP contribution is -2.51. The number of likely N-dealkylation sites (N-methyl/N-ethyl adjacent to an activating group) is 1. The minimum Gasteiger partial charge on any atom is -0.359 e. The molecule has 0 bridgehead atoms. The molecule has 0 aromatic carbocycles. The van der Waals surface area contributed by atoms with Crippen LogP contribution >= 0.6 is 0 Å². The van der Waals surface area contributed by atoms with Gasteiger partial charge in [-0.15, -0.1) is 0 Å². The summed E-state index contributed by atoms with van der Waals surface area (Å²) in [6.07, 6.45) is 4.20. The minimum absolute atomic E-state index is 0.0343. The molecule has 2 saturated heterocycles. The molecule has 2 amide bonds. The van der Waals surface area contributed by atoms with Crippen LogP contribution in [0.1, 0.15) is 50.1 Å². The molecule has 2 fully saturated rings. The van der Waals surface area contributed by atoms with Crippen LogP contribution < -0.4 is 5.32 Å². The van der Waals surface area contributed by atoms with E-state index in [1.54, 1.807) is 0 Å². The quantitative estimate of drug-likeness (QED) is 0.931. The van der Waals surface area contributed by atoms with Gasteiger partial charge in [0, 0.05) is 25.2 Å². The fourth-order valence-corrected chi connectivity index (χ4v) is 3.56. The summed E-state index contributed by atoms with van der Waals surface area (Å²) in [5, 5.41) is 7.17. The number of piperidine rings is 1. The molecule has 1 aromatic heterocycles. The van der Waals surface area contributed by atoms with Crippen LogP contribution in [-0.2, 0) is 0 Å². The van der Waals surface area contributed by atoms with Crippen LogP contribution in [0, 0.1) is 6.92 Å². The summed E-state index contributed by atoms with van der Waals surface area (Å²) in [5.74, 6) is 0.809. The van der Waals surface area contributed by atoms with Crippen LogP contribution in [0.3, 0.4) is 0 Å². The van der Waals surface area contributed by atoms with Crippen molar-refractivity contribution in [2.45, 2.75) is 51.6 Å². The molecule has 0 aliphatic carbocycles. The van der Waals surface area contributed by atoms with E-state index in [1.165, 1.54) is 0 Å². The molecule has 0 saturated carbocycles. The Morgan fingerprint density at radius 1 is 1.41 bits per heavy atom. The number of likely N-dealkylation sites (tertiary alicyclic amines) is 2. The number of nitrogens with zero attached hydrogens (tertiary/aromatic N) is 3. The Morgan fingerprint density at radius 3 is 2.95 bits per heavy atom. The van der Waals surface area contributed by atoms with Gasteiger partial charge in [-0.25, -0.2) is 4.79 Å². The second-order valence-electron chi connectivity index (χ2n) is 6.40. The van der Waals surface area contributed by atoms with Crippen molar-refractivity contribution < 1.29 is 9.32 Å². The van der Waals surface area contributed by atoms with Crippen molar-refractivity contribution in [2.75, 3.05) is 26.2 Å². The number of hydrogen-bond acceptors (Lipinski definition) is 4. The maximum Gasteiger partial charge on any atom is 0.318 e. The summed E-state index contributed by atoms with van der Waals surface area (Å²) < 4.78 is 5.37. The first-order valence-electron chi connectivity index (χ1n) is 8.40. The van der Waals surface area contributed by atoms with Crippen molar-refractivity contribution in [2.24, 2.45) is 0 Å². The normalized spacial score (nSPS) is 26.4. The van der Waals surface area contributed by atoms with E-state index in [0.29, 0.717) is 0 Å². The zero-order valence-electron chi connectivity index (χ0n) is 13.5. The van der Waals surface area contributed by atoms with Crippen LogP contribution in [0.15, 0.2) is 10.6 Å². The van der Waals surface area contributed by atoms with E-state index in [-0.39, 0.29) is 18.1 Å². The number of carbonyl (C=O) groups is 1. The highest BCUT2D eigenvalue weighted by Gasteiger charge is 2.34. The maximum absolute atomic E-state index is 12.6. The molecule has 2 unspecified atom stereocenters. The highest BCUT2D eigenvalue weighted by molar-refractivity contribution is 5.75. The van der Waals surface area contributed by atoms with Crippen molar-refractivity contribution in [1.29, 1.82) is 0 Å². The SMILES string of the molecule is CCN1CCCC(NC(=O)N2CCCC2c2cc(C)no2)C1. The van der Waals surface area contributed by atoms with E-state index in [1.807, 2.05) is 17.9 Å². The van der Waals surface area contributed by atoms with Gasteiger partial charge in [-0.3, -0.25) is 0 Å². The molecule has 6 nitrogen and oxygen atoms in total. The third-order valence-electron chi connectivity index (χ3n) is 4.77. The van der Waals surface area contributed by atoms with Crippen LogP contribution in [0.2, 0.25) is 0 Å². The fourth-order valence-electron chi connectivity index (χ4n) is 3.56. The molecule has 122 valence electrons. The van der Waals surface area contributed by atoms with E-state index < -0.39 is 0 Å². The Hall–Kier alpha value is -1.56. The summed E-state index contributed by atoms with van der Waals surface area (Å²) in [7, 11) is 0. The number of hydrogen-bond donors (Lipinski definition) is 1. The van der Waals surface area contributed by atoms with Crippen molar-refractivity contribution in [1.82, 2.24) is 20.3 Å². The zero-order chi connectivity index (χ0) is 15.5. The first-order valence-corrected chi connectivity index (χ1v) is 8.40. The first kappa shape index (κ1) is 15.3. The van der Waals surface area contributed by atoms with Gasteiger partial charge in [-0.1, -0.05) is 12.1 Å². The lowest BCUT2D eigenvalue weighted by molar-refractivity contribution is 0.161. The molecule has 3 heterocycles. The summed E-state index contributed by atoms with van der Waals surface area (Å²) in [4.78, 5) is 16.9. The van der Waals surface area contributed by atoms with Gasteiger partial charge in [0.2, 0.25) is 0 Å². The first-order chi connectivity index (χ1) is 10.7. The van der Waals surface area contributed by atoms with Crippen LogP contribution in [-0.4, -0.2) is 53.2 Å². The predicted octanol–water partition coefficient (Wildman–Crippen LogP) is 2.31. The number of rotatable bonds is 3. The van der Waals surface area contributed by atoms with Gasteiger partial charge in [0.25, 0.3) is 0 Å². The van der Waals surface area contributed by atoms with Gasteiger partial charge in [0.15, 0.2) is 5.76 Å². The minimum atomic E-state index is 0.0343. The highest BCUT2D eigenvalue weighted by Crippen LogP contribution is 2.32. The van der Waals surface area contributed by atoms with Gasteiger partial charge in [0.1, 0.15) is 0 Å². The van der Waals surface area contributed by atoms with Gasteiger partial charge in [0.05, 0.1) is 11.7 Å². The Bertz CT molecular complexity index is 516. The Balaban J connectivity index is 1.61. The van der Waals surface area contributed by atoms with Crippen molar-refractivity contribution >= 4 is 6.03 Å². The number of urea groups is 1. The van der Waals surface area contributed by atoms with Crippen LogP contribution in [0.25, 0.3) is 0 Å². The summed E-state index contributed by atoms with van der Waals surface area (Å²) in [6, 6.07) is 2.28. The fraction of sp³-hybridized carbons (Fsp3) is 0.750. The van der Waals surface area contributed by atoms with Crippen molar-refractivity contribution in [3.8, 4) is 0 Å². The summed E-state index contributed by atoms with van der Waals surface area (Å²) in [5.41, 5.74) is 0.869. The van der Waals surface area contributed by atoms with E-state index in [2.05, 4.69) is 22.3 Å². The van der Waals surface area contributed by atoms with E-state index >= 15 is 0 Å². The topological polar surface area (TPSA) is 61.6 Å². The molecular weight excluding hydrogens is 280 g/mol. The Kier molecular flexibility index (Phi) is 4.66. The molecule has 1 N–H and O–H groups in total. The lowest BCUT2D eigenvalue weighted by atomic mass is 10.1. The molecule has 0 radical (unpaired) electrons. The van der Waals surface area contributed by atoms with E-state index in [9.17, 15) is 4.79 Å². The van der Waals surface area contributed by atoms with Gasteiger partial charge >= 0.3 is 6.03 Å². The number of aryl methyl sites for hydroxylation is 1. The molecule has 2 atom stereocenters. The van der Waals surface area contributed by atoms with Crippen molar-refractivity contribution in [3.05, 3.63) is 17.5 Å². The highest BCUT2D eigenvalue weighted by atomic mass is 16.5. The average molecular weight is 306 g/mol. The third-order valence-corrected chi connectivity index (χ3v) is 4.77. The van der Waals surface area contributed by atoms with Gasteiger partial charge < -0.3 is 19.6 Å². The standard InChI is InChI=1S/C16H26N4O2/c1-3-19-8-4-6-13(11-19)17-16(21)20-9-5-7-14(20)15-10-12(2)18-22-15/h10,13-14H,3-9,11H2,1-2H3,(H,17,21). The van der Waals surface area contributed by atoms with Crippen LogP contribution in [0.4, 0.5) is 4.79 Å². The number of aromatic nitrogens is 1. The number of amides is 2. The second-order valence-corrected chi connectivity index (χ2v) is 6.40. The lowest BCUT2D eigenvalue weighted by Gasteiger charge is -2.34. The average Bonchev–Trinajstić information content (AvgIpc) is 3.15. The summed E-state index contributed by atoms with van der Waals surface area (Å²) in [6.45, 7) is 8.03. The third kappa shape index (κ3) is 3.27. The van der Waals surface area contributed by atoms with Crippen molar-refractivity contribution in [3.63, 3.8) is 0 Å². The maximum atomic E-state index is 12.6. The van der Waals surface area contributed by atoms with E-state index in [0.717, 1.165) is 63.3 Å². The van der Waals surface area contributed by atoms with E-state index in [4.69, 9.17) is 4.52 Å². The largest absolute Gasteiger partial charge is 0.359 e. The van der Waals surface area contributed by atoms with Gasteiger partial charge in [-0.2, -0.15) is 0 Å². The second kappa shape index (κ2) is 6.69. The van der Waals surface area contributed by atoms with Crippen LogP contribution in [0.5, 0.6) is 0 Å². The molecule has 1 aromatic rings. The molecular formula is C16H26N4O2. The Labute approximate surface area is 131 Å². The monoisotopic (exact) mass is 306 g/mol. The molecule has 22 heavy (non-hydrogen) atoms. The number of carbonyl (C=O) groups excluding carboxylic acids is 1. The smallest absolute Gasteiger partial charge is 0.318 e. The number of nitrogens with one attached hydrogen (secondary N) is 1. The zero-order valence-corrected chi connectivity index (χ0v) is 13.5. The van der Waals surface area contributed by atoms with Gasteiger partial charge in [-0.05, 0) is 45.7 Å². The molecule has 3 rings (SSSR count). The molecule has 6 heteroatoms. The molecule has 2 aliphatic heterocycles.